The SMILES string of the molecule is CCN(CCN(C)C)c1ncc(C(=O)O)cc1NS(=O)(=O)c1ccc(F)c(F)c1. The van der Waals surface area contributed by atoms with E-state index in [0.29, 0.717) is 31.8 Å². The van der Waals surface area contributed by atoms with Gasteiger partial charge in [0, 0.05) is 25.8 Å². The lowest BCUT2D eigenvalue weighted by Crippen LogP contribution is -2.33. The number of carboxylic acid groups (broad SMARTS) is 1. The number of benzene rings is 1. The Labute approximate surface area is 167 Å². The fourth-order valence-corrected chi connectivity index (χ4v) is 3.55. The lowest BCUT2D eigenvalue weighted by atomic mass is 10.2. The van der Waals surface area contributed by atoms with Crippen molar-refractivity contribution in [3.63, 3.8) is 0 Å². The van der Waals surface area contributed by atoms with E-state index in [-0.39, 0.29) is 17.1 Å². The van der Waals surface area contributed by atoms with Crippen molar-refractivity contribution in [3.8, 4) is 0 Å². The predicted octanol–water partition coefficient (Wildman–Crippen LogP) is 2.25. The summed E-state index contributed by atoms with van der Waals surface area (Å²) in [6, 6.07) is 3.31. The lowest BCUT2D eigenvalue weighted by molar-refractivity contribution is 0.0696. The highest BCUT2D eigenvalue weighted by Crippen LogP contribution is 2.27. The van der Waals surface area contributed by atoms with Crippen molar-refractivity contribution in [2.24, 2.45) is 0 Å². The number of aromatic nitrogens is 1. The van der Waals surface area contributed by atoms with Gasteiger partial charge in [-0.2, -0.15) is 0 Å². The Balaban J connectivity index is 2.48. The van der Waals surface area contributed by atoms with Gasteiger partial charge in [-0.05, 0) is 45.3 Å². The average molecular weight is 428 g/mol. The molecule has 2 N–H and O–H groups in total. The highest BCUT2D eigenvalue weighted by molar-refractivity contribution is 7.92. The molecule has 0 fully saturated rings. The van der Waals surface area contributed by atoms with Gasteiger partial charge in [-0.15, -0.1) is 0 Å². The molecule has 1 heterocycles. The normalized spacial score (nSPS) is 11.5. The molecule has 0 aliphatic carbocycles. The van der Waals surface area contributed by atoms with Crippen molar-refractivity contribution >= 4 is 27.5 Å². The summed E-state index contributed by atoms with van der Waals surface area (Å²) in [6.07, 6.45) is 1.13. The Morgan fingerprint density at radius 1 is 1.17 bits per heavy atom. The summed E-state index contributed by atoms with van der Waals surface area (Å²) in [6.45, 7) is 3.47. The van der Waals surface area contributed by atoms with Crippen molar-refractivity contribution in [2.45, 2.75) is 11.8 Å². The molecular weight excluding hydrogens is 406 g/mol. The number of pyridine rings is 1. The third-order valence-electron chi connectivity index (χ3n) is 4.06. The number of nitrogens with zero attached hydrogens (tertiary/aromatic N) is 3. The minimum Gasteiger partial charge on any atom is -0.478 e. The van der Waals surface area contributed by atoms with Crippen LogP contribution in [-0.2, 0) is 10.0 Å². The number of rotatable bonds is 9. The van der Waals surface area contributed by atoms with Crippen molar-refractivity contribution in [1.29, 1.82) is 0 Å². The molecule has 2 aromatic rings. The summed E-state index contributed by atoms with van der Waals surface area (Å²) < 4.78 is 54.2. The molecule has 0 bridgehead atoms. The molecule has 29 heavy (non-hydrogen) atoms. The number of nitrogens with one attached hydrogen (secondary N) is 1. The van der Waals surface area contributed by atoms with E-state index in [2.05, 4.69) is 9.71 Å². The van der Waals surface area contributed by atoms with Crippen LogP contribution >= 0.6 is 0 Å². The van der Waals surface area contributed by atoms with E-state index in [4.69, 9.17) is 0 Å². The first-order chi connectivity index (χ1) is 13.5. The fourth-order valence-electron chi connectivity index (χ4n) is 2.48. The van der Waals surface area contributed by atoms with Gasteiger partial charge in [0.1, 0.15) is 0 Å². The molecule has 0 atom stereocenters. The Kier molecular flexibility index (Phi) is 7.09. The second kappa shape index (κ2) is 9.14. The highest BCUT2D eigenvalue weighted by atomic mass is 32.2. The third kappa shape index (κ3) is 5.61. The van der Waals surface area contributed by atoms with Gasteiger partial charge < -0.3 is 14.9 Å². The predicted molar refractivity (Wildman–Crippen MR) is 105 cm³/mol. The maximum Gasteiger partial charge on any atom is 0.337 e. The molecule has 0 radical (unpaired) electrons. The van der Waals surface area contributed by atoms with Crippen LogP contribution in [0.25, 0.3) is 0 Å². The van der Waals surface area contributed by atoms with E-state index in [9.17, 15) is 27.1 Å². The third-order valence-corrected chi connectivity index (χ3v) is 5.42. The molecule has 0 saturated carbocycles. The molecule has 0 amide bonds. The van der Waals surface area contributed by atoms with Gasteiger partial charge in [-0.1, -0.05) is 0 Å². The molecule has 11 heteroatoms. The molecule has 8 nitrogen and oxygen atoms in total. The van der Waals surface area contributed by atoms with E-state index in [0.717, 1.165) is 18.3 Å². The number of aromatic carboxylic acids is 1. The number of hydrogen-bond acceptors (Lipinski definition) is 6. The van der Waals surface area contributed by atoms with Crippen LogP contribution in [0.3, 0.4) is 0 Å². The molecule has 0 saturated heterocycles. The Bertz CT molecular complexity index is 999. The van der Waals surface area contributed by atoms with Gasteiger partial charge >= 0.3 is 5.97 Å². The second-order valence-electron chi connectivity index (χ2n) is 6.46. The second-order valence-corrected chi connectivity index (χ2v) is 8.15. The topological polar surface area (TPSA) is 103 Å². The van der Waals surface area contributed by atoms with Gasteiger partial charge in [-0.3, -0.25) is 4.72 Å². The van der Waals surface area contributed by atoms with E-state index < -0.39 is 32.5 Å². The molecule has 0 spiro atoms. The number of hydrogen-bond donors (Lipinski definition) is 2. The first-order valence-electron chi connectivity index (χ1n) is 8.66. The number of likely N-dealkylation sites (N-methyl/N-ethyl adjacent to an activating group) is 2. The maximum atomic E-state index is 13.5. The minimum absolute atomic E-state index is 0.0739. The molecule has 0 aliphatic heterocycles. The fraction of sp³-hybridized carbons (Fsp3) is 0.333. The van der Waals surface area contributed by atoms with Crippen molar-refractivity contribution in [3.05, 3.63) is 47.7 Å². The van der Waals surface area contributed by atoms with Crippen LogP contribution in [-0.4, -0.2) is 63.1 Å². The summed E-state index contributed by atoms with van der Waals surface area (Å²) in [5.74, 6) is -3.55. The summed E-state index contributed by atoms with van der Waals surface area (Å²) in [5, 5.41) is 9.23. The average Bonchev–Trinajstić information content (AvgIpc) is 2.64. The quantitative estimate of drug-likeness (QED) is 0.631. The van der Waals surface area contributed by atoms with Crippen LogP contribution in [0.5, 0.6) is 0 Å². The smallest absolute Gasteiger partial charge is 0.337 e. The molecular formula is C18H22F2N4O4S. The molecule has 0 aliphatic rings. The van der Waals surface area contributed by atoms with E-state index in [1.165, 1.54) is 0 Å². The number of sulfonamides is 1. The number of halogens is 2. The lowest BCUT2D eigenvalue weighted by Gasteiger charge is -2.26. The first kappa shape index (κ1) is 22.5. The minimum atomic E-state index is -4.32. The number of anilines is 2. The zero-order valence-electron chi connectivity index (χ0n) is 16.2. The molecule has 158 valence electrons. The standard InChI is InChI=1S/C18H22F2N4O4S/c1-4-24(8-7-23(2)3)17-16(9-12(11-21-17)18(25)26)22-29(27,28)13-5-6-14(19)15(20)10-13/h5-6,9-11,22H,4,7-8H2,1-3H3,(H,25,26). The Morgan fingerprint density at radius 2 is 1.86 bits per heavy atom. The summed E-state index contributed by atoms with van der Waals surface area (Å²) in [7, 11) is -0.564. The van der Waals surface area contributed by atoms with Crippen molar-refractivity contribution < 1.29 is 27.1 Å². The first-order valence-corrected chi connectivity index (χ1v) is 10.1. The zero-order chi connectivity index (χ0) is 21.8. The van der Waals surface area contributed by atoms with Gasteiger partial charge in [0.15, 0.2) is 17.5 Å². The Morgan fingerprint density at radius 3 is 2.41 bits per heavy atom. The number of carboxylic acids is 1. The summed E-state index contributed by atoms with van der Waals surface area (Å²) in [5.41, 5.74) is -0.296. The molecule has 2 rings (SSSR count). The zero-order valence-corrected chi connectivity index (χ0v) is 17.0. The van der Waals surface area contributed by atoms with E-state index in [1.54, 1.807) is 4.90 Å². The van der Waals surface area contributed by atoms with E-state index >= 15 is 0 Å². The van der Waals surface area contributed by atoms with Crippen LogP contribution in [0.2, 0.25) is 0 Å². The van der Waals surface area contributed by atoms with Gasteiger partial charge in [0.2, 0.25) is 0 Å². The van der Waals surface area contributed by atoms with E-state index in [1.807, 2.05) is 25.9 Å². The van der Waals surface area contributed by atoms with Crippen LogP contribution in [0.1, 0.15) is 17.3 Å². The van der Waals surface area contributed by atoms with Crippen molar-refractivity contribution in [1.82, 2.24) is 9.88 Å². The van der Waals surface area contributed by atoms with Crippen LogP contribution in [0.15, 0.2) is 35.4 Å². The monoisotopic (exact) mass is 428 g/mol. The molecule has 1 aromatic heterocycles. The molecule has 0 unspecified atom stereocenters. The summed E-state index contributed by atoms with van der Waals surface area (Å²) >= 11 is 0. The maximum absolute atomic E-state index is 13.5. The number of carbonyl (C=O) groups is 1. The van der Waals surface area contributed by atoms with Crippen LogP contribution in [0, 0.1) is 11.6 Å². The van der Waals surface area contributed by atoms with Gasteiger partial charge in [0.05, 0.1) is 16.1 Å². The molecule has 1 aromatic carbocycles. The Hall–Kier alpha value is -2.79. The highest BCUT2D eigenvalue weighted by Gasteiger charge is 2.22. The van der Waals surface area contributed by atoms with Crippen LogP contribution in [0.4, 0.5) is 20.3 Å². The van der Waals surface area contributed by atoms with Gasteiger partial charge in [0.25, 0.3) is 10.0 Å². The van der Waals surface area contributed by atoms with Gasteiger partial charge in [-0.25, -0.2) is 27.0 Å². The van der Waals surface area contributed by atoms with Crippen molar-refractivity contribution in [2.75, 3.05) is 43.4 Å². The van der Waals surface area contributed by atoms with Crippen LogP contribution < -0.4 is 9.62 Å². The largest absolute Gasteiger partial charge is 0.478 e. The summed E-state index contributed by atoms with van der Waals surface area (Å²) in [4.78, 5) is 18.6.